The van der Waals surface area contributed by atoms with Gasteiger partial charge in [0.1, 0.15) is 5.52 Å². The van der Waals surface area contributed by atoms with Gasteiger partial charge in [0.15, 0.2) is 5.82 Å². The van der Waals surface area contributed by atoms with Crippen molar-refractivity contribution in [2.24, 2.45) is 0 Å². The molecule has 7 nitrogen and oxygen atoms in total. The van der Waals surface area contributed by atoms with Gasteiger partial charge in [-0.2, -0.15) is 0 Å². The van der Waals surface area contributed by atoms with Gasteiger partial charge in [-0.3, -0.25) is 9.78 Å². The fraction of sp³-hybridized carbons (Fsp3) is 0.364. The summed E-state index contributed by atoms with van der Waals surface area (Å²) in [7, 11) is 3.74. The van der Waals surface area contributed by atoms with Crippen molar-refractivity contribution in [3.05, 3.63) is 42.7 Å². The van der Waals surface area contributed by atoms with Gasteiger partial charge in [-0.25, -0.2) is 9.97 Å². The van der Waals surface area contributed by atoms with Crippen LogP contribution in [0.3, 0.4) is 0 Å². The molecule has 1 fully saturated rings. The van der Waals surface area contributed by atoms with Crippen molar-refractivity contribution in [1.29, 1.82) is 0 Å². The zero-order valence-electron chi connectivity index (χ0n) is 17.1. The van der Waals surface area contributed by atoms with Crippen LogP contribution in [0.2, 0.25) is 0 Å². The lowest BCUT2D eigenvalue weighted by Gasteiger charge is -2.37. The zero-order valence-corrected chi connectivity index (χ0v) is 17.1. The van der Waals surface area contributed by atoms with Crippen molar-refractivity contribution >= 4 is 28.4 Å². The molecule has 1 amide bonds. The summed E-state index contributed by atoms with van der Waals surface area (Å²) in [6, 6.07) is 10.8. The van der Waals surface area contributed by atoms with E-state index in [0.717, 1.165) is 54.0 Å². The predicted molar refractivity (Wildman–Crippen MR) is 116 cm³/mol. The van der Waals surface area contributed by atoms with E-state index in [2.05, 4.69) is 44.5 Å². The summed E-state index contributed by atoms with van der Waals surface area (Å²) < 4.78 is 0. The summed E-state index contributed by atoms with van der Waals surface area (Å²) in [6.07, 6.45) is 5.36. The van der Waals surface area contributed by atoms with Crippen LogP contribution in [0.5, 0.6) is 0 Å². The Bertz CT molecular complexity index is 1010. The van der Waals surface area contributed by atoms with Gasteiger partial charge in [0, 0.05) is 63.8 Å². The van der Waals surface area contributed by atoms with Crippen LogP contribution in [0.25, 0.3) is 22.3 Å². The van der Waals surface area contributed by atoms with E-state index in [4.69, 9.17) is 4.98 Å². The van der Waals surface area contributed by atoms with Gasteiger partial charge >= 0.3 is 0 Å². The van der Waals surface area contributed by atoms with Gasteiger partial charge in [0.25, 0.3) is 0 Å². The maximum absolute atomic E-state index is 11.6. The van der Waals surface area contributed by atoms with Crippen LogP contribution in [0.1, 0.15) is 19.8 Å². The fourth-order valence-corrected chi connectivity index (χ4v) is 3.91. The molecule has 0 saturated carbocycles. The third-order valence-electron chi connectivity index (χ3n) is 5.73. The summed E-state index contributed by atoms with van der Waals surface area (Å²) in [5.41, 5.74) is 4.71. The SMILES string of the molecule is CNc1nc(-c2ccc(N3CCC(N(C)C(C)=O)CC3)cc2)cc2nccnc12. The highest BCUT2D eigenvalue weighted by Gasteiger charge is 2.24. The largest absolute Gasteiger partial charge is 0.371 e. The fourth-order valence-electron chi connectivity index (χ4n) is 3.91. The monoisotopic (exact) mass is 390 g/mol. The number of aromatic nitrogens is 3. The highest BCUT2D eigenvalue weighted by Crippen LogP contribution is 2.28. The summed E-state index contributed by atoms with van der Waals surface area (Å²) in [5, 5.41) is 3.11. The van der Waals surface area contributed by atoms with Crippen molar-refractivity contribution in [3.63, 3.8) is 0 Å². The summed E-state index contributed by atoms with van der Waals surface area (Å²) >= 11 is 0. The number of fused-ring (bicyclic) bond motifs is 1. The number of carbonyl (C=O) groups is 1. The van der Waals surface area contributed by atoms with Crippen molar-refractivity contribution < 1.29 is 4.79 Å². The molecule has 0 unspecified atom stereocenters. The van der Waals surface area contributed by atoms with Gasteiger partial charge in [-0.05, 0) is 31.0 Å². The average Bonchev–Trinajstić information content (AvgIpc) is 2.78. The number of nitrogens with one attached hydrogen (secondary N) is 1. The molecule has 0 bridgehead atoms. The Morgan fingerprint density at radius 2 is 1.83 bits per heavy atom. The van der Waals surface area contributed by atoms with Crippen LogP contribution >= 0.6 is 0 Å². The lowest BCUT2D eigenvalue weighted by molar-refractivity contribution is -0.129. The number of amides is 1. The number of hydrogen-bond donors (Lipinski definition) is 1. The van der Waals surface area contributed by atoms with Crippen LogP contribution in [0, 0.1) is 0 Å². The van der Waals surface area contributed by atoms with Gasteiger partial charge in [0.2, 0.25) is 5.91 Å². The molecule has 3 aromatic rings. The number of anilines is 2. The number of benzene rings is 1. The number of pyridine rings is 1. The molecule has 2 aromatic heterocycles. The van der Waals surface area contributed by atoms with E-state index in [-0.39, 0.29) is 5.91 Å². The highest BCUT2D eigenvalue weighted by molar-refractivity contribution is 5.88. The lowest BCUT2D eigenvalue weighted by Crippen LogP contribution is -2.45. The lowest BCUT2D eigenvalue weighted by atomic mass is 10.0. The van der Waals surface area contributed by atoms with E-state index >= 15 is 0 Å². The van der Waals surface area contributed by atoms with Crippen LogP contribution in [-0.2, 0) is 4.79 Å². The van der Waals surface area contributed by atoms with Gasteiger partial charge in [0.05, 0.1) is 11.2 Å². The maximum Gasteiger partial charge on any atom is 0.219 e. The van der Waals surface area contributed by atoms with Crippen molar-refractivity contribution in [2.75, 3.05) is 37.4 Å². The minimum absolute atomic E-state index is 0.140. The van der Waals surface area contributed by atoms with Gasteiger partial charge in [-0.15, -0.1) is 0 Å². The van der Waals surface area contributed by atoms with Crippen LogP contribution in [-0.4, -0.2) is 59.0 Å². The first kappa shape index (κ1) is 19.1. The molecule has 7 heteroatoms. The van der Waals surface area contributed by atoms with Crippen LogP contribution < -0.4 is 10.2 Å². The Balaban J connectivity index is 1.52. The first-order valence-corrected chi connectivity index (χ1v) is 9.95. The van der Waals surface area contributed by atoms with E-state index in [1.807, 2.05) is 25.1 Å². The Morgan fingerprint density at radius 3 is 2.48 bits per heavy atom. The third kappa shape index (κ3) is 3.85. The summed E-state index contributed by atoms with van der Waals surface area (Å²) in [4.78, 5) is 29.3. The third-order valence-corrected chi connectivity index (χ3v) is 5.73. The number of nitrogens with zero attached hydrogens (tertiary/aromatic N) is 5. The molecule has 0 atom stereocenters. The first-order chi connectivity index (χ1) is 14.1. The number of rotatable bonds is 4. The van der Waals surface area contributed by atoms with E-state index in [0.29, 0.717) is 6.04 Å². The van der Waals surface area contributed by atoms with E-state index in [9.17, 15) is 4.79 Å². The minimum Gasteiger partial charge on any atom is -0.371 e. The Hall–Kier alpha value is -3.22. The molecule has 3 heterocycles. The molecule has 4 rings (SSSR count). The van der Waals surface area contributed by atoms with Crippen LogP contribution in [0.4, 0.5) is 11.5 Å². The molecule has 1 aromatic carbocycles. The van der Waals surface area contributed by atoms with E-state index in [1.165, 1.54) is 5.69 Å². The van der Waals surface area contributed by atoms with Crippen molar-refractivity contribution in [2.45, 2.75) is 25.8 Å². The summed E-state index contributed by atoms with van der Waals surface area (Å²) in [6.45, 7) is 3.54. The van der Waals surface area contributed by atoms with Gasteiger partial charge < -0.3 is 15.1 Å². The topological polar surface area (TPSA) is 74.2 Å². The average molecular weight is 390 g/mol. The second-order valence-electron chi connectivity index (χ2n) is 7.43. The van der Waals surface area contributed by atoms with Crippen molar-refractivity contribution in [1.82, 2.24) is 19.9 Å². The molecule has 1 aliphatic rings. The van der Waals surface area contributed by atoms with Gasteiger partial charge in [-0.1, -0.05) is 12.1 Å². The molecule has 29 heavy (non-hydrogen) atoms. The Labute approximate surface area is 170 Å². The minimum atomic E-state index is 0.140. The molecule has 1 aliphatic heterocycles. The normalized spacial score (nSPS) is 14.8. The predicted octanol–water partition coefficient (Wildman–Crippen LogP) is 3.18. The molecule has 0 aliphatic carbocycles. The molecule has 1 saturated heterocycles. The molecular weight excluding hydrogens is 364 g/mol. The molecule has 150 valence electrons. The number of hydrogen-bond acceptors (Lipinski definition) is 6. The second kappa shape index (κ2) is 8.03. The maximum atomic E-state index is 11.6. The van der Waals surface area contributed by atoms with Crippen LogP contribution in [0.15, 0.2) is 42.7 Å². The van der Waals surface area contributed by atoms with Crippen molar-refractivity contribution in [3.8, 4) is 11.3 Å². The molecular formula is C22H26N6O. The van der Waals surface area contributed by atoms with E-state index < -0.39 is 0 Å². The number of piperidine rings is 1. The Morgan fingerprint density at radius 1 is 1.14 bits per heavy atom. The Kier molecular flexibility index (Phi) is 5.29. The standard InChI is InChI=1S/C22H26N6O/c1-15(29)27(3)17-8-12-28(13-9-17)18-6-4-16(5-7-18)19-14-20-21(22(23-2)26-19)25-11-10-24-20/h4-7,10-11,14,17H,8-9,12-13H2,1-3H3,(H,23,26). The second-order valence-corrected chi connectivity index (χ2v) is 7.43. The molecule has 0 radical (unpaired) electrons. The number of carbonyl (C=O) groups excluding carboxylic acids is 1. The zero-order chi connectivity index (χ0) is 20.4. The first-order valence-electron chi connectivity index (χ1n) is 9.95. The molecule has 0 spiro atoms. The summed E-state index contributed by atoms with van der Waals surface area (Å²) in [5.74, 6) is 0.868. The van der Waals surface area contributed by atoms with E-state index in [1.54, 1.807) is 19.3 Å². The highest BCUT2D eigenvalue weighted by atomic mass is 16.2. The molecule has 1 N–H and O–H groups in total. The smallest absolute Gasteiger partial charge is 0.219 e. The quantitative estimate of drug-likeness (QED) is 0.738.